The first kappa shape index (κ1) is 46.7. The molecule has 0 atom stereocenters. The number of halogens is 4. The molecule has 21 heteroatoms. The number of benzene rings is 4. The van der Waals surface area contributed by atoms with Crippen molar-refractivity contribution in [1.29, 1.82) is 0 Å². The van der Waals surface area contributed by atoms with Gasteiger partial charge in [0.25, 0.3) is 17.0 Å². The maximum atomic E-state index is 13.3. The van der Waals surface area contributed by atoms with Gasteiger partial charge >= 0.3 is 5.97 Å². The topological polar surface area (TPSA) is 214 Å². The van der Waals surface area contributed by atoms with Gasteiger partial charge in [-0.05, 0) is 103 Å². The first-order valence-electron chi connectivity index (χ1n) is 20.4. The highest BCUT2D eigenvalue weighted by Gasteiger charge is 2.18. The van der Waals surface area contributed by atoms with Crippen LogP contribution in [0.25, 0.3) is 11.5 Å². The van der Waals surface area contributed by atoms with Crippen LogP contribution >= 0.6 is 23.2 Å². The fourth-order valence-electron chi connectivity index (χ4n) is 6.30. The van der Waals surface area contributed by atoms with Crippen LogP contribution in [0.5, 0.6) is 23.3 Å². The molecule has 5 aromatic heterocycles. The highest BCUT2D eigenvalue weighted by Crippen LogP contribution is 2.26. The zero-order valence-corrected chi connectivity index (χ0v) is 37.3. The minimum atomic E-state index is -1.36. The second-order valence-corrected chi connectivity index (χ2v) is 15.5. The number of aromatic carboxylic acids is 1. The Morgan fingerprint density at radius 2 is 1.09 bits per heavy atom. The second-order valence-electron chi connectivity index (χ2n) is 14.6. The molecular weight excluding hydrogens is 937 g/mol. The van der Waals surface area contributed by atoms with Gasteiger partial charge < -0.3 is 38.9 Å². The van der Waals surface area contributed by atoms with Crippen molar-refractivity contribution in [2.45, 2.75) is 20.0 Å². The molecule has 5 heterocycles. The molecule has 0 aliphatic carbocycles. The summed E-state index contributed by atoms with van der Waals surface area (Å²) in [5.74, 6) is -0.555. The number of carboxylic acids is 1. The molecule has 0 radical (unpaired) electrons. The highest BCUT2D eigenvalue weighted by molar-refractivity contribution is 6.30. The average molecular weight is 972 g/mol. The van der Waals surface area contributed by atoms with Gasteiger partial charge in [-0.2, -0.15) is 33.7 Å². The maximum absolute atomic E-state index is 13.3. The van der Waals surface area contributed by atoms with Gasteiger partial charge in [-0.15, -0.1) is 0 Å². The van der Waals surface area contributed by atoms with Crippen molar-refractivity contribution in [2.75, 3.05) is 10.6 Å². The van der Waals surface area contributed by atoms with Crippen molar-refractivity contribution >= 4 is 52.4 Å². The Labute approximate surface area is 399 Å². The molecule has 346 valence electrons. The number of hydrogen-bond acceptors (Lipinski definition) is 14. The molecule has 3 N–H and O–H groups in total. The van der Waals surface area contributed by atoms with Crippen LogP contribution in [0, 0.1) is 18.8 Å². The van der Waals surface area contributed by atoms with Gasteiger partial charge in [0.1, 0.15) is 22.6 Å². The van der Waals surface area contributed by atoms with Crippen LogP contribution in [-0.2, 0) is 13.1 Å². The molecule has 17 nitrogen and oxygen atoms in total. The summed E-state index contributed by atoms with van der Waals surface area (Å²) in [6, 6.07) is 36.3. The zero-order valence-electron chi connectivity index (χ0n) is 35.8. The monoisotopic (exact) mass is 970 g/mol. The fraction of sp³-hybridized carbons (Fsp3) is 0.0625. The predicted molar refractivity (Wildman–Crippen MR) is 251 cm³/mol. The summed E-state index contributed by atoms with van der Waals surface area (Å²) in [4.78, 5) is 56.0. The van der Waals surface area contributed by atoms with E-state index in [1.54, 1.807) is 109 Å². The molecule has 0 aliphatic heterocycles. The lowest BCUT2D eigenvalue weighted by molar-refractivity contribution is 0.0694. The number of aryl methyl sites for hydroxylation is 1. The fourth-order valence-corrected chi connectivity index (χ4v) is 6.56. The minimum absolute atomic E-state index is 0.0915. The molecule has 0 spiro atoms. The Morgan fingerprint density at radius 3 is 1.52 bits per heavy atom. The Morgan fingerprint density at radius 1 is 0.623 bits per heavy atom. The van der Waals surface area contributed by atoms with E-state index in [4.69, 9.17) is 37.2 Å². The standard InChI is InChI=1S/C25H18ClFN6O3.C23H16ClFN4O4/c1-15-28-24(36-32-15)20-14-33(13-16-5-7-17(26)8-6-16)25(31-23(20)34)29-18-9-11-19(12-10-18)35-22-4-2-3-21(27)30-22;24-15-6-4-14(5-7-15)12-29-13-18(22(31)32)21(30)28-23(29)26-16-8-10-17(11-9-16)33-20-3-1-2-19(25)27-20/h2-12,14H,13H2,1H3,(H,29,31,34);1-11,13H,12H2,(H,31,32)(H,26,28,30). The van der Waals surface area contributed by atoms with Crippen LogP contribution in [-0.4, -0.2) is 50.3 Å². The summed E-state index contributed by atoms with van der Waals surface area (Å²) in [7, 11) is 0. The van der Waals surface area contributed by atoms with Crippen LogP contribution < -0.4 is 31.2 Å². The van der Waals surface area contributed by atoms with Crippen molar-refractivity contribution < 1.29 is 32.7 Å². The van der Waals surface area contributed by atoms with E-state index in [1.165, 1.54) is 41.1 Å². The SMILES string of the molecule is Cc1noc(-c2cn(Cc3ccc(Cl)cc3)c(Nc3ccc(Oc4cccc(F)n4)cc3)nc2=O)n1.O=C(O)c1cn(Cc2ccc(Cl)cc2)c(Nc2ccc(Oc3cccc(F)n3)cc2)nc1=O. The van der Waals surface area contributed by atoms with E-state index in [0.29, 0.717) is 51.2 Å². The van der Waals surface area contributed by atoms with Gasteiger partial charge in [-0.1, -0.05) is 64.8 Å². The van der Waals surface area contributed by atoms with Gasteiger partial charge in [0, 0.05) is 45.9 Å². The van der Waals surface area contributed by atoms with Gasteiger partial charge in [-0.25, -0.2) is 4.79 Å². The Kier molecular flexibility index (Phi) is 14.4. The number of carbonyl (C=O) groups is 1. The number of ether oxygens (including phenoxy) is 2. The number of nitrogens with one attached hydrogen (secondary N) is 2. The van der Waals surface area contributed by atoms with E-state index in [2.05, 4.69) is 40.7 Å². The Bertz CT molecular complexity index is 3380. The van der Waals surface area contributed by atoms with E-state index < -0.39 is 34.5 Å². The molecule has 9 aromatic rings. The average Bonchev–Trinajstić information content (AvgIpc) is 3.76. The van der Waals surface area contributed by atoms with E-state index in [9.17, 15) is 28.3 Å². The summed E-state index contributed by atoms with van der Waals surface area (Å²) in [6.07, 6.45) is 2.86. The number of hydrogen-bond donors (Lipinski definition) is 3. The van der Waals surface area contributed by atoms with E-state index >= 15 is 0 Å². The second kappa shape index (κ2) is 21.2. The van der Waals surface area contributed by atoms with Crippen molar-refractivity contribution in [1.82, 2.24) is 39.2 Å². The molecule has 9 rings (SSSR count). The Balaban J connectivity index is 0.000000187. The maximum Gasteiger partial charge on any atom is 0.342 e. The van der Waals surface area contributed by atoms with Crippen LogP contribution in [0.3, 0.4) is 0 Å². The third-order valence-electron chi connectivity index (χ3n) is 9.56. The predicted octanol–water partition coefficient (Wildman–Crippen LogP) is 10.1. The number of rotatable bonds is 14. The van der Waals surface area contributed by atoms with Crippen molar-refractivity contribution in [3.63, 3.8) is 0 Å². The smallest absolute Gasteiger partial charge is 0.342 e. The quantitative estimate of drug-likeness (QED) is 0.0865. The van der Waals surface area contributed by atoms with Crippen LogP contribution in [0.1, 0.15) is 27.3 Å². The van der Waals surface area contributed by atoms with Crippen LogP contribution in [0.4, 0.5) is 32.1 Å². The molecule has 0 fully saturated rings. The van der Waals surface area contributed by atoms with Crippen LogP contribution in [0.15, 0.2) is 160 Å². The van der Waals surface area contributed by atoms with E-state index in [1.807, 2.05) is 12.1 Å². The van der Waals surface area contributed by atoms with Crippen molar-refractivity contribution in [3.05, 3.63) is 211 Å². The number of pyridine rings is 2. The highest BCUT2D eigenvalue weighted by atomic mass is 35.5. The van der Waals surface area contributed by atoms with Gasteiger partial charge in [-0.3, -0.25) is 9.59 Å². The normalized spacial score (nSPS) is 10.7. The van der Waals surface area contributed by atoms with Gasteiger partial charge in [0.05, 0.1) is 13.1 Å². The van der Waals surface area contributed by atoms with Gasteiger partial charge in [0.2, 0.25) is 35.6 Å². The summed E-state index contributed by atoms with van der Waals surface area (Å²) in [6.45, 7) is 2.30. The number of anilines is 4. The Hall–Kier alpha value is -8.81. The lowest BCUT2D eigenvalue weighted by atomic mass is 10.2. The number of carboxylic acid groups (broad SMARTS) is 1. The lowest BCUT2D eigenvalue weighted by Crippen LogP contribution is -2.23. The zero-order chi connectivity index (χ0) is 48.4. The minimum Gasteiger partial charge on any atom is -0.477 e. The third kappa shape index (κ3) is 12.6. The van der Waals surface area contributed by atoms with Crippen LogP contribution in [0.2, 0.25) is 10.0 Å². The van der Waals surface area contributed by atoms with E-state index in [0.717, 1.165) is 11.1 Å². The molecule has 0 aliphatic rings. The van der Waals surface area contributed by atoms with Crippen molar-refractivity contribution in [3.8, 4) is 34.7 Å². The first-order chi connectivity index (χ1) is 33.3. The summed E-state index contributed by atoms with van der Waals surface area (Å²) in [5, 5.41) is 20.4. The van der Waals surface area contributed by atoms with E-state index in [-0.39, 0.29) is 35.7 Å². The largest absolute Gasteiger partial charge is 0.477 e. The summed E-state index contributed by atoms with van der Waals surface area (Å²) >= 11 is 11.9. The van der Waals surface area contributed by atoms with Crippen molar-refractivity contribution in [2.24, 2.45) is 0 Å². The molecule has 0 saturated carbocycles. The molecule has 0 unspecified atom stereocenters. The lowest BCUT2D eigenvalue weighted by Gasteiger charge is -2.15. The first-order valence-corrected chi connectivity index (χ1v) is 21.2. The number of aromatic nitrogens is 8. The molecular formula is C48H34Cl2F2N10O7. The molecule has 69 heavy (non-hydrogen) atoms. The third-order valence-corrected chi connectivity index (χ3v) is 10.1. The molecule has 0 amide bonds. The molecule has 0 saturated heterocycles. The molecule has 4 aromatic carbocycles. The van der Waals surface area contributed by atoms with Gasteiger partial charge in [0.15, 0.2) is 5.82 Å². The number of nitrogens with zero attached hydrogens (tertiary/aromatic N) is 8. The summed E-state index contributed by atoms with van der Waals surface area (Å²) in [5.41, 5.74) is 1.33. The molecule has 0 bridgehead atoms. The summed E-state index contributed by atoms with van der Waals surface area (Å²) < 4.78 is 46.1.